The van der Waals surface area contributed by atoms with E-state index in [1.807, 2.05) is 20.8 Å². The minimum Gasteiger partial charge on any atom is -0.480 e. The number of carboxylic acid groups (broad SMARTS) is 1. The number of aliphatic carboxylic acids is 1. The van der Waals surface area contributed by atoms with E-state index in [4.69, 9.17) is 5.11 Å². The van der Waals surface area contributed by atoms with Gasteiger partial charge in [0.1, 0.15) is 0 Å². The largest absolute Gasteiger partial charge is 0.480 e. The van der Waals surface area contributed by atoms with Gasteiger partial charge in [-0.2, -0.15) is 0 Å². The second-order valence-electron chi connectivity index (χ2n) is 4.52. The van der Waals surface area contributed by atoms with Crippen LogP contribution in [0.5, 0.6) is 0 Å². The molecule has 1 N–H and O–H groups in total. The van der Waals surface area contributed by atoms with Crippen molar-refractivity contribution < 1.29 is 18.3 Å². The fourth-order valence-corrected chi connectivity index (χ4v) is 3.31. The summed E-state index contributed by atoms with van der Waals surface area (Å²) in [6.45, 7) is 5.77. The second-order valence-corrected chi connectivity index (χ2v) is 6.82. The molecule has 0 rings (SSSR count). The first-order valence-corrected chi connectivity index (χ1v) is 7.47. The smallest absolute Gasteiger partial charge is 0.321 e. The van der Waals surface area contributed by atoms with Crippen LogP contribution >= 0.6 is 0 Å². The van der Waals surface area contributed by atoms with Crippen LogP contribution in [0, 0.1) is 5.92 Å². The Morgan fingerprint density at radius 2 is 1.81 bits per heavy atom. The van der Waals surface area contributed by atoms with Gasteiger partial charge in [-0.25, -0.2) is 8.42 Å². The van der Waals surface area contributed by atoms with Crippen molar-refractivity contribution in [1.29, 1.82) is 0 Å². The number of rotatable bonds is 8. The standard InChI is InChI=1S/C11H22O4S/c1-4-5-6-10(11(12)13)16(14,15)8-7-9(2)3/h9-10H,4-8H2,1-3H3,(H,12,13). The third kappa shape index (κ3) is 5.49. The highest BCUT2D eigenvalue weighted by Gasteiger charge is 2.31. The van der Waals surface area contributed by atoms with Crippen molar-refractivity contribution in [2.24, 2.45) is 5.92 Å². The van der Waals surface area contributed by atoms with Gasteiger partial charge in [0.05, 0.1) is 5.75 Å². The predicted molar refractivity (Wildman–Crippen MR) is 64.2 cm³/mol. The highest BCUT2D eigenvalue weighted by atomic mass is 32.2. The van der Waals surface area contributed by atoms with E-state index in [9.17, 15) is 13.2 Å². The van der Waals surface area contributed by atoms with Crippen LogP contribution in [0.2, 0.25) is 0 Å². The Kier molecular flexibility index (Phi) is 6.64. The Balaban J connectivity index is 4.57. The normalized spacial score (nSPS) is 14.0. The minimum atomic E-state index is -3.49. The Morgan fingerprint density at radius 3 is 2.19 bits per heavy atom. The van der Waals surface area contributed by atoms with Crippen LogP contribution in [-0.2, 0) is 14.6 Å². The van der Waals surface area contributed by atoms with Crippen molar-refractivity contribution in [1.82, 2.24) is 0 Å². The maximum Gasteiger partial charge on any atom is 0.321 e. The van der Waals surface area contributed by atoms with Gasteiger partial charge in [-0.15, -0.1) is 0 Å². The summed E-state index contributed by atoms with van der Waals surface area (Å²) >= 11 is 0. The van der Waals surface area contributed by atoms with Crippen molar-refractivity contribution in [3.8, 4) is 0 Å². The van der Waals surface area contributed by atoms with E-state index in [2.05, 4.69) is 0 Å². The summed E-state index contributed by atoms with van der Waals surface area (Å²) in [5, 5.41) is 7.71. The summed E-state index contributed by atoms with van der Waals surface area (Å²) in [5.41, 5.74) is 0. The fourth-order valence-electron chi connectivity index (χ4n) is 1.39. The average Bonchev–Trinajstić information content (AvgIpc) is 2.14. The maximum absolute atomic E-state index is 11.8. The molecule has 4 nitrogen and oxygen atoms in total. The molecule has 16 heavy (non-hydrogen) atoms. The third-order valence-corrected chi connectivity index (χ3v) is 4.62. The summed E-state index contributed by atoms with van der Waals surface area (Å²) < 4.78 is 23.6. The van der Waals surface area contributed by atoms with E-state index < -0.39 is 21.1 Å². The van der Waals surface area contributed by atoms with Crippen LogP contribution < -0.4 is 0 Å². The lowest BCUT2D eigenvalue weighted by atomic mass is 10.2. The average molecular weight is 250 g/mol. The van der Waals surface area contributed by atoms with Gasteiger partial charge in [-0.05, 0) is 18.8 Å². The van der Waals surface area contributed by atoms with Gasteiger partial charge in [0.2, 0.25) is 0 Å². The van der Waals surface area contributed by atoms with Crippen molar-refractivity contribution in [2.45, 2.75) is 51.7 Å². The van der Waals surface area contributed by atoms with Crippen molar-refractivity contribution in [2.75, 3.05) is 5.75 Å². The SMILES string of the molecule is CCCCC(C(=O)O)S(=O)(=O)CCC(C)C. The molecule has 0 amide bonds. The van der Waals surface area contributed by atoms with Crippen LogP contribution in [0.1, 0.15) is 46.5 Å². The minimum absolute atomic E-state index is 0.0225. The summed E-state index contributed by atoms with van der Waals surface area (Å²) in [4.78, 5) is 10.9. The second kappa shape index (κ2) is 6.89. The number of hydrogen-bond donors (Lipinski definition) is 1. The van der Waals surface area contributed by atoms with E-state index in [-0.39, 0.29) is 18.1 Å². The predicted octanol–water partition coefficient (Wildman–Crippen LogP) is 2.09. The van der Waals surface area contributed by atoms with Crippen LogP contribution in [0.4, 0.5) is 0 Å². The summed E-state index contributed by atoms with van der Waals surface area (Å²) in [7, 11) is -3.49. The lowest BCUT2D eigenvalue weighted by molar-refractivity contribution is -0.136. The molecule has 0 aliphatic rings. The molecular weight excluding hydrogens is 228 g/mol. The fraction of sp³-hybridized carbons (Fsp3) is 0.909. The highest BCUT2D eigenvalue weighted by molar-refractivity contribution is 7.92. The highest BCUT2D eigenvalue weighted by Crippen LogP contribution is 2.14. The first kappa shape index (κ1) is 15.4. The molecule has 0 aromatic rings. The molecule has 0 radical (unpaired) electrons. The molecule has 0 bridgehead atoms. The van der Waals surface area contributed by atoms with Crippen molar-refractivity contribution in [3.05, 3.63) is 0 Å². The summed E-state index contributed by atoms with van der Waals surface area (Å²) in [6, 6.07) is 0. The molecule has 0 saturated carbocycles. The zero-order valence-electron chi connectivity index (χ0n) is 10.3. The quantitative estimate of drug-likeness (QED) is 0.716. The first-order valence-electron chi connectivity index (χ1n) is 5.75. The van der Waals surface area contributed by atoms with Crippen LogP contribution in [0.3, 0.4) is 0 Å². The van der Waals surface area contributed by atoms with Crippen LogP contribution in [0.25, 0.3) is 0 Å². The molecule has 0 fully saturated rings. The molecular formula is C11H22O4S. The van der Waals surface area contributed by atoms with Gasteiger partial charge in [-0.1, -0.05) is 33.6 Å². The van der Waals surface area contributed by atoms with E-state index in [0.717, 1.165) is 6.42 Å². The monoisotopic (exact) mass is 250 g/mol. The molecule has 0 aliphatic heterocycles. The van der Waals surface area contributed by atoms with E-state index in [1.54, 1.807) is 0 Å². The molecule has 0 saturated heterocycles. The Morgan fingerprint density at radius 1 is 1.25 bits per heavy atom. The number of carbonyl (C=O) groups is 1. The zero-order valence-corrected chi connectivity index (χ0v) is 11.1. The van der Waals surface area contributed by atoms with Crippen LogP contribution in [-0.4, -0.2) is 30.5 Å². The molecule has 5 heteroatoms. The molecule has 96 valence electrons. The van der Waals surface area contributed by atoms with Gasteiger partial charge in [0.15, 0.2) is 15.1 Å². The molecule has 0 heterocycles. The Hall–Kier alpha value is -0.580. The summed E-state index contributed by atoms with van der Waals surface area (Å²) in [6.07, 6.45) is 2.20. The number of carboxylic acids is 1. The van der Waals surface area contributed by atoms with Gasteiger partial charge in [0.25, 0.3) is 0 Å². The number of unbranched alkanes of at least 4 members (excludes halogenated alkanes) is 1. The van der Waals surface area contributed by atoms with E-state index >= 15 is 0 Å². The maximum atomic E-state index is 11.8. The van der Waals surface area contributed by atoms with Gasteiger partial charge in [0, 0.05) is 0 Å². The van der Waals surface area contributed by atoms with Gasteiger partial charge >= 0.3 is 5.97 Å². The zero-order chi connectivity index (χ0) is 12.8. The molecule has 1 unspecified atom stereocenters. The van der Waals surface area contributed by atoms with Crippen LogP contribution in [0.15, 0.2) is 0 Å². The van der Waals surface area contributed by atoms with Crippen molar-refractivity contribution >= 4 is 15.8 Å². The first-order chi connectivity index (χ1) is 7.31. The lowest BCUT2D eigenvalue weighted by Gasteiger charge is -2.13. The van der Waals surface area contributed by atoms with Gasteiger partial charge in [-0.3, -0.25) is 4.79 Å². The summed E-state index contributed by atoms with van der Waals surface area (Å²) in [5.74, 6) is -0.960. The molecule has 0 aromatic carbocycles. The van der Waals surface area contributed by atoms with E-state index in [1.165, 1.54) is 0 Å². The number of sulfone groups is 1. The molecule has 1 atom stereocenters. The Labute approximate surface area is 98.0 Å². The number of hydrogen-bond acceptors (Lipinski definition) is 3. The Bertz CT molecular complexity index is 306. The van der Waals surface area contributed by atoms with E-state index in [0.29, 0.717) is 12.8 Å². The topological polar surface area (TPSA) is 71.4 Å². The molecule has 0 aromatic heterocycles. The lowest BCUT2D eigenvalue weighted by Crippen LogP contribution is -2.32. The van der Waals surface area contributed by atoms with Gasteiger partial charge < -0.3 is 5.11 Å². The third-order valence-electron chi connectivity index (χ3n) is 2.51. The molecule has 0 aliphatic carbocycles. The molecule has 0 spiro atoms. The van der Waals surface area contributed by atoms with Crippen molar-refractivity contribution in [3.63, 3.8) is 0 Å².